The van der Waals surface area contributed by atoms with Crippen LogP contribution in [0.5, 0.6) is 5.75 Å². The molecular formula is C20H14BrClF3N5O. The molecule has 0 bridgehead atoms. The Morgan fingerprint density at radius 3 is 2.35 bits per heavy atom. The number of halogens is 5. The van der Waals surface area contributed by atoms with Crippen LogP contribution in [-0.2, 0) is 0 Å². The first-order valence-corrected chi connectivity index (χ1v) is 10.1. The molecule has 6 nitrogen and oxygen atoms in total. The summed E-state index contributed by atoms with van der Waals surface area (Å²) in [6.45, 7) is 3.65. The molecule has 2 aromatic heterocycles. The van der Waals surface area contributed by atoms with Gasteiger partial charge in [-0.2, -0.15) is 0 Å². The molecule has 0 amide bonds. The van der Waals surface area contributed by atoms with E-state index in [-0.39, 0.29) is 5.75 Å². The fourth-order valence-electron chi connectivity index (χ4n) is 3.22. The Kier molecular flexibility index (Phi) is 5.52. The summed E-state index contributed by atoms with van der Waals surface area (Å²) < 4.78 is 45.4. The average Bonchev–Trinajstić information content (AvgIpc) is 3.26. The maximum atomic E-state index is 12.4. The lowest BCUT2D eigenvalue weighted by atomic mass is 10.1. The number of nitrogens with zero attached hydrogens (tertiary/aromatic N) is 5. The first kappa shape index (κ1) is 21.4. The van der Waals surface area contributed by atoms with Crippen LogP contribution in [0.3, 0.4) is 0 Å². The Bertz CT molecular complexity index is 1250. The molecule has 0 spiro atoms. The normalized spacial score (nSPS) is 11.7. The first-order valence-electron chi connectivity index (χ1n) is 8.92. The summed E-state index contributed by atoms with van der Waals surface area (Å²) in [5, 5.41) is 8.66. The van der Waals surface area contributed by atoms with Gasteiger partial charge in [-0.15, -0.1) is 18.3 Å². The molecule has 0 aliphatic carbocycles. The zero-order chi connectivity index (χ0) is 22.3. The molecule has 0 aliphatic heterocycles. The van der Waals surface area contributed by atoms with Gasteiger partial charge in [-0.25, -0.2) is 9.67 Å². The molecular weight excluding hydrogens is 499 g/mol. The quantitative estimate of drug-likeness (QED) is 0.334. The van der Waals surface area contributed by atoms with E-state index in [1.54, 1.807) is 9.25 Å². The number of alkyl halides is 3. The molecule has 4 rings (SSSR count). The van der Waals surface area contributed by atoms with E-state index < -0.39 is 6.36 Å². The summed E-state index contributed by atoms with van der Waals surface area (Å²) in [4.78, 5) is 4.42. The standard InChI is InChI=1S/C20H14BrClF3N5O/c1-11-19(22)29(12(2)27-11)16-8-5-14(21)9-17(16)30-18(10-26-28-30)13-3-6-15(7-4-13)31-20(23,24)25/h3-10H,1-2H3. The van der Waals surface area contributed by atoms with E-state index in [1.807, 2.05) is 32.0 Å². The van der Waals surface area contributed by atoms with Crippen molar-refractivity contribution in [2.45, 2.75) is 20.2 Å². The van der Waals surface area contributed by atoms with E-state index in [9.17, 15) is 13.2 Å². The number of hydrogen-bond acceptors (Lipinski definition) is 4. The van der Waals surface area contributed by atoms with Crippen LogP contribution in [-0.4, -0.2) is 30.9 Å². The molecule has 0 radical (unpaired) electrons. The SMILES string of the molecule is Cc1nc(C)n(-c2ccc(Br)cc2-n2nncc2-c2ccc(OC(F)(F)F)cc2)c1Cl. The lowest BCUT2D eigenvalue weighted by Crippen LogP contribution is -2.16. The molecule has 0 N–H and O–H groups in total. The molecule has 4 aromatic rings. The van der Waals surface area contributed by atoms with Gasteiger partial charge in [0, 0.05) is 10.0 Å². The topological polar surface area (TPSA) is 57.8 Å². The maximum absolute atomic E-state index is 12.4. The van der Waals surface area contributed by atoms with Gasteiger partial charge in [-0.05, 0) is 56.3 Å². The fourth-order valence-corrected chi connectivity index (χ4v) is 3.82. The van der Waals surface area contributed by atoms with Crippen LogP contribution in [0.2, 0.25) is 5.15 Å². The first-order chi connectivity index (χ1) is 14.6. The third-order valence-corrected chi connectivity index (χ3v) is 5.42. The molecule has 2 aromatic carbocycles. The van der Waals surface area contributed by atoms with Gasteiger partial charge in [0.05, 0.1) is 29.0 Å². The molecule has 11 heteroatoms. The molecule has 0 fully saturated rings. The minimum atomic E-state index is -4.75. The Morgan fingerprint density at radius 1 is 1.03 bits per heavy atom. The number of imidazole rings is 1. The van der Waals surface area contributed by atoms with Gasteiger partial charge in [0.15, 0.2) is 0 Å². The number of hydrogen-bond donors (Lipinski definition) is 0. The van der Waals surface area contributed by atoms with Crippen molar-refractivity contribution in [1.82, 2.24) is 24.5 Å². The number of aromatic nitrogens is 5. The molecule has 2 heterocycles. The van der Waals surface area contributed by atoms with E-state index in [1.165, 1.54) is 30.5 Å². The maximum Gasteiger partial charge on any atom is 0.573 e. The molecule has 0 aliphatic rings. The predicted octanol–water partition coefficient (Wildman–Crippen LogP) is 6.05. The summed E-state index contributed by atoms with van der Waals surface area (Å²) in [5.41, 5.74) is 3.24. The van der Waals surface area contributed by atoms with E-state index >= 15 is 0 Å². The van der Waals surface area contributed by atoms with Crippen molar-refractivity contribution in [2.24, 2.45) is 0 Å². The van der Waals surface area contributed by atoms with Crippen LogP contribution in [0.15, 0.2) is 53.1 Å². The Balaban J connectivity index is 1.82. The monoisotopic (exact) mass is 511 g/mol. The second-order valence-corrected chi connectivity index (χ2v) is 7.88. The Labute approximate surface area is 188 Å². The number of ether oxygens (including phenoxy) is 1. The second kappa shape index (κ2) is 8.01. The van der Waals surface area contributed by atoms with Gasteiger partial charge in [0.25, 0.3) is 0 Å². The van der Waals surface area contributed by atoms with Gasteiger partial charge < -0.3 is 4.74 Å². The zero-order valence-corrected chi connectivity index (χ0v) is 18.5. The number of rotatable bonds is 4. The van der Waals surface area contributed by atoms with Crippen molar-refractivity contribution in [1.29, 1.82) is 0 Å². The lowest BCUT2D eigenvalue weighted by molar-refractivity contribution is -0.274. The molecule has 160 valence electrons. The van der Waals surface area contributed by atoms with Crippen molar-refractivity contribution in [3.8, 4) is 28.4 Å². The average molecular weight is 513 g/mol. The third-order valence-electron chi connectivity index (χ3n) is 4.49. The van der Waals surface area contributed by atoms with Gasteiger partial charge in [-0.3, -0.25) is 4.57 Å². The summed E-state index contributed by atoms with van der Waals surface area (Å²) in [6.07, 6.45) is -3.23. The van der Waals surface area contributed by atoms with E-state index in [0.717, 1.165) is 10.2 Å². The van der Waals surface area contributed by atoms with Crippen molar-refractivity contribution in [2.75, 3.05) is 0 Å². The molecule has 0 unspecified atom stereocenters. The molecule has 0 saturated heterocycles. The largest absolute Gasteiger partial charge is 0.573 e. The Morgan fingerprint density at radius 2 is 1.74 bits per heavy atom. The van der Waals surface area contributed by atoms with Crippen LogP contribution in [0.1, 0.15) is 11.5 Å². The summed E-state index contributed by atoms with van der Waals surface area (Å²) in [6, 6.07) is 11.1. The highest BCUT2D eigenvalue weighted by Crippen LogP contribution is 2.32. The van der Waals surface area contributed by atoms with Crippen molar-refractivity contribution in [3.05, 3.63) is 69.8 Å². The van der Waals surface area contributed by atoms with Gasteiger partial charge >= 0.3 is 6.36 Å². The number of benzene rings is 2. The van der Waals surface area contributed by atoms with Gasteiger partial charge in [-0.1, -0.05) is 32.7 Å². The van der Waals surface area contributed by atoms with Crippen molar-refractivity contribution < 1.29 is 17.9 Å². The van der Waals surface area contributed by atoms with E-state index in [0.29, 0.717) is 33.6 Å². The van der Waals surface area contributed by atoms with Crippen LogP contribution in [0, 0.1) is 13.8 Å². The van der Waals surface area contributed by atoms with E-state index in [4.69, 9.17) is 11.6 Å². The second-order valence-electron chi connectivity index (χ2n) is 6.61. The summed E-state index contributed by atoms with van der Waals surface area (Å²) in [7, 11) is 0. The minimum Gasteiger partial charge on any atom is -0.406 e. The van der Waals surface area contributed by atoms with Gasteiger partial charge in [0.2, 0.25) is 0 Å². The van der Waals surface area contributed by atoms with Crippen LogP contribution in [0.25, 0.3) is 22.6 Å². The highest BCUT2D eigenvalue weighted by atomic mass is 79.9. The minimum absolute atomic E-state index is 0.310. The number of aryl methyl sites for hydroxylation is 2. The molecule has 0 saturated carbocycles. The Hall–Kier alpha value is -2.85. The molecule has 31 heavy (non-hydrogen) atoms. The predicted molar refractivity (Wildman–Crippen MR) is 113 cm³/mol. The van der Waals surface area contributed by atoms with Crippen molar-refractivity contribution >= 4 is 27.5 Å². The smallest absolute Gasteiger partial charge is 0.406 e. The van der Waals surface area contributed by atoms with Crippen LogP contribution < -0.4 is 4.74 Å². The molecule has 0 atom stereocenters. The fraction of sp³-hybridized carbons (Fsp3) is 0.150. The zero-order valence-electron chi connectivity index (χ0n) is 16.2. The van der Waals surface area contributed by atoms with Crippen LogP contribution >= 0.6 is 27.5 Å². The summed E-state index contributed by atoms with van der Waals surface area (Å²) in [5.74, 6) is 0.385. The third kappa shape index (κ3) is 4.31. The summed E-state index contributed by atoms with van der Waals surface area (Å²) >= 11 is 9.96. The van der Waals surface area contributed by atoms with Crippen LogP contribution in [0.4, 0.5) is 13.2 Å². The highest BCUT2D eigenvalue weighted by Gasteiger charge is 2.31. The van der Waals surface area contributed by atoms with E-state index in [2.05, 4.69) is 36.0 Å². The highest BCUT2D eigenvalue weighted by molar-refractivity contribution is 9.10. The van der Waals surface area contributed by atoms with Gasteiger partial charge in [0.1, 0.15) is 16.7 Å². The lowest BCUT2D eigenvalue weighted by Gasteiger charge is -2.15. The van der Waals surface area contributed by atoms with Crippen molar-refractivity contribution in [3.63, 3.8) is 0 Å².